The van der Waals surface area contributed by atoms with Crippen molar-refractivity contribution in [3.63, 3.8) is 0 Å². The maximum absolute atomic E-state index is 13.8. The van der Waals surface area contributed by atoms with Crippen molar-refractivity contribution in [3.8, 4) is 0 Å². The lowest BCUT2D eigenvalue weighted by molar-refractivity contribution is -0.120. The first-order chi connectivity index (χ1) is 17.0. The molecule has 0 saturated heterocycles. The second kappa shape index (κ2) is 9.75. The normalized spacial score (nSPS) is 15.9. The lowest BCUT2D eigenvalue weighted by Gasteiger charge is -2.26. The summed E-state index contributed by atoms with van der Waals surface area (Å²) in [6.45, 7) is 1.84. The molecule has 1 aliphatic rings. The number of nitrogens with zero attached hydrogens (tertiary/aromatic N) is 4. The molecule has 1 atom stereocenters. The molecule has 8 nitrogen and oxygen atoms in total. The van der Waals surface area contributed by atoms with Crippen LogP contribution in [-0.2, 0) is 14.9 Å². The average molecular weight is 507 g/mol. The molecular weight excluding hydrogens is 476 g/mol. The van der Waals surface area contributed by atoms with E-state index in [1.165, 1.54) is 29.3 Å². The standard InChI is InChI=1S/C27H30N4O4S/c1-18-25(27(32)31(28-18)23-14-16-24(17-15-23)36(33,34)35)26(19-6-10-21(11-7-19)29(2)3)20-8-12-22(13-9-20)30(4)5/h6-17,25-26H,1-5H3,(H,33,34,35). The van der Waals surface area contributed by atoms with E-state index in [0.29, 0.717) is 11.4 Å². The van der Waals surface area contributed by atoms with Crippen LogP contribution >= 0.6 is 0 Å². The summed E-state index contributed by atoms with van der Waals surface area (Å²) >= 11 is 0. The molecule has 0 radical (unpaired) electrons. The van der Waals surface area contributed by atoms with E-state index in [9.17, 15) is 17.8 Å². The smallest absolute Gasteiger partial charge is 0.294 e. The molecule has 0 bridgehead atoms. The first-order valence-electron chi connectivity index (χ1n) is 11.5. The van der Waals surface area contributed by atoms with E-state index in [-0.39, 0.29) is 16.7 Å². The van der Waals surface area contributed by atoms with Crippen molar-refractivity contribution in [1.82, 2.24) is 0 Å². The molecule has 1 amide bonds. The van der Waals surface area contributed by atoms with Gasteiger partial charge in [-0.15, -0.1) is 0 Å². The number of hydrogen-bond donors (Lipinski definition) is 1. The topological polar surface area (TPSA) is 93.5 Å². The van der Waals surface area contributed by atoms with Gasteiger partial charge >= 0.3 is 0 Å². The summed E-state index contributed by atoms with van der Waals surface area (Å²) < 4.78 is 32.1. The SMILES string of the molecule is CC1=NN(c2ccc(S(=O)(=O)O)cc2)C(=O)C1C(c1ccc(N(C)C)cc1)c1ccc(N(C)C)cc1. The minimum atomic E-state index is -4.33. The van der Waals surface area contributed by atoms with Crippen LogP contribution in [0.4, 0.5) is 17.1 Å². The third-order valence-corrected chi connectivity index (χ3v) is 7.30. The zero-order valence-corrected chi connectivity index (χ0v) is 21.8. The summed E-state index contributed by atoms with van der Waals surface area (Å²) in [5.41, 5.74) is 5.20. The summed E-state index contributed by atoms with van der Waals surface area (Å²) in [4.78, 5) is 17.6. The predicted octanol–water partition coefficient (Wildman–Crippen LogP) is 4.24. The minimum absolute atomic E-state index is 0.203. The van der Waals surface area contributed by atoms with E-state index in [0.717, 1.165) is 22.5 Å². The summed E-state index contributed by atoms with van der Waals surface area (Å²) in [6, 6.07) is 21.8. The number of anilines is 3. The fraction of sp³-hybridized carbons (Fsp3) is 0.259. The van der Waals surface area contributed by atoms with Gasteiger partial charge in [-0.05, 0) is 66.6 Å². The summed E-state index contributed by atoms with van der Waals surface area (Å²) in [5.74, 6) is -1.01. The van der Waals surface area contributed by atoms with Gasteiger partial charge in [0.2, 0.25) is 0 Å². The highest BCUT2D eigenvalue weighted by atomic mass is 32.2. The summed E-state index contributed by atoms with van der Waals surface area (Å²) in [5, 5.41) is 5.86. The van der Waals surface area contributed by atoms with Gasteiger partial charge in [0.15, 0.2) is 0 Å². The van der Waals surface area contributed by atoms with Crippen molar-refractivity contribution in [2.24, 2.45) is 11.0 Å². The first-order valence-corrected chi connectivity index (χ1v) is 12.9. The van der Waals surface area contributed by atoms with Crippen LogP contribution in [0.3, 0.4) is 0 Å². The van der Waals surface area contributed by atoms with Crippen LogP contribution in [0.15, 0.2) is 82.8 Å². The molecule has 0 aromatic heterocycles. The van der Waals surface area contributed by atoms with Crippen molar-refractivity contribution >= 4 is 38.8 Å². The Kier molecular flexibility index (Phi) is 6.88. The maximum Gasteiger partial charge on any atom is 0.294 e. The van der Waals surface area contributed by atoms with Crippen LogP contribution in [-0.4, -0.2) is 52.8 Å². The van der Waals surface area contributed by atoms with Crippen molar-refractivity contribution in [3.05, 3.63) is 83.9 Å². The molecule has 1 unspecified atom stereocenters. The molecule has 0 aliphatic carbocycles. The Hall–Kier alpha value is -3.69. The van der Waals surface area contributed by atoms with E-state index >= 15 is 0 Å². The van der Waals surface area contributed by atoms with E-state index in [1.54, 1.807) is 0 Å². The van der Waals surface area contributed by atoms with Crippen LogP contribution in [0, 0.1) is 5.92 Å². The molecule has 1 aliphatic heterocycles. The molecule has 0 saturated carbocycles. The molecule has 188 valence electrons. The highest BCUT2D eigenvalue weighted by Crippen LogP contribution is 2.39. The molecule has 3 aromatic rings. The highest BCUT2D eigenvalue weighted by Gasteiger charge is 2.41. The Morgan fingerprint density at radius 2 is 1.25 bits per heavy atom. The van der Waals surface area contributed by atoms with Crippen LogP contribution in [0.25, 0.3) is 0 Å². The Morgan fingerprint density at radius 3 is 1.64 bits per heavy atom. The largest absolute Gasteiger partial charge is 0.378 e. The summed E-state index contributed by atoms with van der Waals surface area (Å²) in [7, 11) is 3.60. The number of benzene rings is 3. The van der Waals surface area contributed by atoms with Crippen LogP contribution in [0.5, 0.6) is 0 Å². The zero-order chi connectivity index (χ0) is 26.2. The number of rotatable bonds is 7. The average Bonchev–Trinajstić information content (AvgIpc) is 3.13. The predicted molar refractivity (Wildman–Crippen MR) is 144 cm³/mol. The lowest BCUT2D eigenvalue weighted by Crippen LogP contribution is -2.32. The zero-order valence-electron chi connectivity index (χ0n) is 21.0. The Bertz CT molecular complexity index is 1330. The first kappa shape index (κ1) is 25.4. The molecule has 0 fully saturated rings. The van der Waals surface area contributed by atoms with Gasteiger partial charge in [-0.2, -0.15) is 13.5 Å². The van der Waals surface area contributed by atoms with Gasteiger partial charge in [0.05, 0.1) is 16.5 Å². The van der Waals surface area contributed by atoms with E-state index in [1.807, 2.05) is 93.4 Å². The lowest BCUT2D eigenvalue weighted by atomic mass is 9.78. The Balaban J connectivity index is 1.74. The van der Waals surface area contributed by atoms with E-state index in [2.05, 4.69) is 5.10 Å². The Morgan fingerprint density at radius 1 is 0.806 bits per heavy atom. The monoisotopic (exact) mass is 506 g/mol. The van der Waals surface area contributed by atoms with E-state index < -0.39 is 16.0 Å². The highest BCUT2D eigenvalue weighted by molar-refractivity contribution is 7.85. The van der Waals surface area contributed by atoms with Gasteiger partial charge in [0, 0.05) is 51.2 Å². The maximum atomic E-state index is 13.8. The van der Waals surface area contributed by atoms with Gasteiger partial charge < -0.3 is 9.80 Å². The number of carbonyl (C=O) groups excluding carboxylic acids is 1. The number of hydrazone groups is 1. The quantitative estimate of drug-likeness (QED) is 0.482. The third kappa shape index (κ3) is 4.98. The van der Waals surface area contributed by atoms with Crippen LogP contribution < -0.4 is 14.8 Å². The van der Waals surface area contributed by atoms with Gasteiger partial charge in [-0.3, -0.25) is 9.35 Å². The van der Waals surface area contributed by atoms with Gasteiger partial charge in [0.1, 0.15) is 0 Å². The van der Waals surface area contributed by atoms with Gasteiger partial charge in [-0.1, -0.05) is 24.3 Å². The number of carbonyl (C=O) groups is 1. The third-order valence-electron chi connectivity index (χ3n) is 6.43. The molecular formula is C27H30N4O4S. The van der Waals surface area contributed by atoms with Crippen LogP contribution in [0.2, 0.25) is 0 Å². The van der Waals surface area contributed by atoms with Crippen molar-refractivity contribution in [2.45, 2.75) is 17.7 Å². The van der Waals surface area contributed by atoms with Gasteiger partial charge in [0.25, 0.3) is 16.0 Å². The Labute approximate surface area is 212 Å². The molecule has 0 spiro atoms. The van der Waals surface area contributed by atoms with Gasteiger partial charge in [-0.25, -0.2) is 5.01 Å². The molecule has 3 aromatic carbocycles. The van der Waals surface area contributed by atoms with Crippen LogP contribution in [0.1, 0.15) is 24.0 Å². The van der Waals surface area contributed by atoms with Crippen molar-refractivity contribution in [2.75, 3.05) is 43.0 Å². The molecule has 36 heavy (non-hydrogen) atoms. The summed E-state index contributed by atoms with van der Waals surface area (Å²) in [6.07, 6.45) is 0. The van der Waals surface area contributed by atoms with E-state index in [4.69, 9.17) is 0 Å². The fourth-order valence-corrected chi connectivity index (χ4v) is 4.92. The minimum Gasteiger partial charge on any atom is -0.378 e. The number of amides is 1. The second-order valence-electron chi connectivity index (χ2n) is 9.29. The van der Waals surface area contributed by atoms with Crippen molar-refractivity contribution in [1.29, 1.82) is 0 Å². The number of hydrogen-bond acceptors (Lipinski definition) is 6. The molecule has 9 heteroatoms. The molecule has 4 rings (SSSR count). The molecule has 1 heterocycles. The van der Waals surface area contributed by atoms with Crippen molar-refractivity contribution < 1.29 is 17.8 Å². The molecule has 1 N–H and O–H groups in total. The second-order valence-corrected chi connectivity index (χ2v) is 10.7. The fourth-order valence-electron chi connectivity index (χ4n) is 4.44.